The van der Waals surface area contributed by atoms with Gasteiger partial charge in [0.25, 0.3) is 11.8 Å². The molecular formula is C76H88N10O16. The standard InChI is InChI=1S/C76H88N10O16/c1-47(63(91)83-73(5,6)69(97)81-49(3)65(93)85-75(9,10)71(99)101-45-59(87)55-25-15-13-16-26-55)79-61(89)31-21-41-77-67(95)57-29-19-23-53(43-57)39-37-51-33-35-52(36-34-51)38-40-54-24-20-30-58(44-54)68(96)78-42-22-32-62(90)80-48(2)64(92)84-74(7,8)70(98)82-50(4)66(94)86-76(11,12)72(100)102-46-60(88)56-27-17-14-18-28-56/h13-20,23-30,33-36,43-44,47-50H,21-22,31-32,41-42,45-46H2,1-12H3,(H,77,95)(H,78,96)(H,79,89)(H,80,90)(H,81,97)(H,82,98)(H,83,91)(H,84,92)(H,85,93)(H,86,94). The maximum absolute atomic E-state index is 13.2. The summed E-state index contributed by atoms with van der Waals surface area (Å²) < 4.78 is 10.3. The first-order valence-electron chi connectivity index (χ1n) is 32.9. The van der Waals surface area contributed by atoms with Crippen LogP contribution in [-0.2, 0) is 57.4 Å². The number of carbonyl (C=O) groups excluding carboxylic acids is 14. The molecule has 0 radical (unpaired) electrons. The van der Waals surface area contributed by atoms with Crippen LogP contribution in [0.3, 0.4) is 0 Å². The second kappa shape index (κ2) is 37.4. The molecule has 538 valence electrons. The van der Waals surface area contributed by atoms with Crippen molar-refractivity contribution in [1.82, 2.24) is 53.2 Å². The predicted molar refractivity (Wildman–Crippen MR) is 377 cm³/mol. The highest BCUT2D eigenvalue weighted by Crippen LogP contribution is 2.14. The normalized spacial score (nSPS) is 12.3. The summed E-state index contributed by atoms with van der Waals surface area (Å²) in [5.74, 6) is 3.60. The molecule has 0 aliphatic carbocycles. The molecule has 5 rings (SSSR count). The van der Waals surface area contributed by atoms with Crippen LogP contribution in [0.25, 0.3) is 0 Å². The van der Waals surface area contributed by atoms with Gasteiger partial charge >= 0.3 is 11.9 Å². The molecule has 0 aliphatic heterocycles. The van der Waals surface area contributed by atoms with E-state index < -0.39 is 142 Å². The minimum Gasteiger partial charge on any atom is -0.456 e. The Bertz CT molecular complexity index is 3810. The van der Waals surface area contributed by atoms with E-state index in [-0.39, 0.29) is 38.8 Å². The smallest absolute Gasteiger partial charge is 0.331 e. The fourth-order valence-corrected chi connectivity index (χ4v) is 9.07. The molecule has 0 fully saturated rings. The van der Waals surface area contributed by atoms with Crippen LogP contribution in [-0.4, -0.2) is 155 Å². The molecule has 10 amide bonds. The Balaban J connectivity index is 0.966. The Labute approximate surface area is 592 Å². The molecule has 0 bridgehead atoms. The van der Waals surface area contributed by atoms with Gasteiger partial charge in [0.2, 0.25) is 47.3 Å². The van der Waals surface area contributed by atoms with Crippen LogP contribution in [0.4, 0.5) is 0 Å². The zero-order valence-electron chi connectivity index (χ0n) is 59.2. The van der Waals surface area contributed by atoms with Crippen molar-refractivity contribution in [2.45, 2.75) is 155 Å². The van der Waals surface area contributed by atoms with Gasteiger partial charge in [-0.3, -0.25) is 57.5 Å². The van der Waals surface area contributed by atoms with Crippen molar-refractivity contribution < 1.29 is 76.6 Å². The molecule has 4 unspecified atom stereocenters. The topological polar surface area (TPSA) is 378 Å². The van der Waals surface area contributed by atoms with Gasteiger partial charge in [0.05, 0.1) is 0 Å². The fraction of sp³-hybridized carbons (Fsp3) is 0.368. The molecule has 0 heterocycles. The average molecular weight is 1400 g/mol. The number of amides is 10. The van der Waals surface area contributed by atoms with E-state index in [4.69, 9.17) is 9.47 Å². The van der Waals surface area contributed by atoms with E-state index in [0.29, 0.717) is 44.5 Å². The van der Waals surface area contributed by atoms with Crippen molar-refractivity contribution in [2.24, 2.45) is 0 Å². The van der Waals surface area contributed by atoms with Gasteiger partial charge in [0.1, 0.15) is 46.3 Å². The Morgan fingerprint density at radius 3 is 0.980 bits per heavy atom. The van der Waals surface area contributed by atoms with E-state index in [2.05, 4.69) is 76.8 Å². The predicted octanol–water partition coefficient (Wildman–Crippen LogP) is 3.96. The molecule has 0 aliphatic rings. The zero-order valence-corrected chi connectivity index (χ0v) is 59.2. The van der Waals surface area contributed by atoms with Crippen LogP contribution in [0.5, 0.6) is 0 Å². The number of hydrogen-bond donors (Lipinski definition) is 10. The number of carbonyl (C=O) groups is 14. The lowest BCUT2D eigenvalue weighted by Crippen LogP contribution is -2.62. The van der Waals surface area contributed by atoms with Crippen molar-refractivity contribution in [2.75, 3.05) is 26.3 Å². The van der Waals surface area contributed by atoms with Crippen molar-refractivity contribution in [3.05, 3.63) is 178 Å². The lowest BCUT2D eigenvalue weighted by molar-refractivity contribution is -0.151. The van der Waals surface area contributed by atoms with Gasteiger partial charge in [-0.25, -0.2) is 9.59 Å². The molecule has 10 N–H and O–H groups in total. The number of esters is 2. The van der Waals surface area contributed by atoms with Gasteiger partial charge in [-0.2, -0.15) is 0 Å². The molecule has 102 heavy (non-hydrogen) atoms. The third kappa shape index (κ3) is 26.1. The molecule has 5 aromatic carbocycles. The largest absolute Gasteiger partial charge is 0.456 e. The first kappa shape index (κ1) is 80.9. The first-order valence-corrected chi connectivity index (χ1v) is 32.9. The zero-order chi connectivity index (χ0) is 75.5. The Morgan fingerprint density at radius 1 is 0.353 bits per heavy atom. The van der Waals surface area contributed by atoms with E-state index in [1.54, 1.807) is 133 Å². The highest BCUT2D eigenvalue weighted by atomic mass is 16.5. The van der Waals surface area contributed by atoms with E-state index in [1.165, 1.54) is 83.1 Å². The first-order chi connectivity index (χ1) is 48.0. The number of hydrogen-bond acceptors (Lipinski definition) is 16. The Kier molecular flexibility index (Phi) is 29.7. The number of ether oxygens (including phenoxy) is 2. The van der Waals surface area contributed by atoms with Gasteiger partial charge < -0.3 is 62.6 Å². The summed E-state index contributed by atoms with van der Waals surface area (Å²) in [7, 11) is 0. The quantitative estimate of drug-likeness (QED) is 0.0126. The van der Waals surface area contributed by atoms with Crippen LogP contribution < -0.4 is 53.2 Å². The van der Waals surface area contributed by atoms with Crippen LogP contribution in [0.2, 0.25) is 0 Å². The number of Topliss-reactive ketones (excluding diaryl/α,β-unsaturated/α-hetero) is 2. The summed E-state index contributed by atoms with van der Waals surface area (Å²) in [4.78, 5) is 181. The second-order valence-electron chi connectivity index (χ2n) is 26.1. The third-order valence-corrected chi connectivity index (χ3v) is 15.4. The maximum atomic E-state index is 13.2. The number of rotatable bonds is 32. The Hall–Kier alpha value is -11.8. The number of benzene rings is 5. The highest BCUT2D eigenvalue weighted by molar-refractivity contribution is 6.02. The molecule has 26 nitrogen and oxygen atoms in total. The number of ketones is 2. The molecule has 26 heteroatoms. The maximum Gasteiger partial charge on any atom is 0.331 e. The van der Waals surface area contributed by atoms with Crippen molar-refractivity contribution in [1.29, 1.82) is 0 Å². The minimum atomic E-state index is -1.57. The summed E-state index contributed by atoms with van der Waals surface area (Å²) >= 11 is 0. The minimum absolute atomic E-state index is 0.0385. The summed E-state index contributed by atoms with van der Waals surface area (Å²) in [5, 5.41) is 25.9. The van der Waals surface area contributed by atoms with Crippen LogP contribution in [0.1, 0.15) is 172 Å². The van der Waals surface area contributed by atoms with Crippen LogP contribution in [0, 0.1) is 23.7 Å². The highest BCUT2D eigenvalue weighted by Gasteiger charge is 2.39. The lowest BCUT2D eigenvalue weighted by Gasteiger charge is -2.30. The van der Waals surface area contributed by atoms with E-state index >= 15 is 0 Å². The second-order valence-corrected chi connectivity index (χ2v) is 26.1. The van der Waals surface area contributed by atoms with Gasteiger partial charge in [-0.1, -0.05) is 96.5 Å². The van der Waals surface area contributed by atoms with Gasteiger partial charge in [0, 0.05) is 70.4 Å². The van der Waals surface area contributed by atoms with Crippen molar-refractivity contribution in [3.8, 4) is 23.7 Å². The monoisotopic (exact) mass is 1400 g/mol. The lowest BCUT2D eigenvalue weighted by atomic mass is 10.0. The van der Waals surface area contributed by atoms with Gasteiger partial charge in [0.15, 0.2) is 24.8 Å². The summed E-state index contributed by atoms with van der Waals surface area (Å²) in [6.07, 6.45) is 0.396. The van der Waals surface area contributed by atoms with E-state index in [9.17, 15) is 67.1 Å². The molecule has 0 saturated carbocycles. The van der Waals surface area contributed by atoms with Gasteiger partial charge in [-0.15, -0.1) is 0 Å². The molecule has 0 saturated heterocycles. The molecular weight excluding hydrogens is 1310 g/mol. The van der Waals surface area contributed by atoms with Crippen LogP contribution >= 0.6 is 0 Å². The van der Waals surface area contributed by atoms with Crippen molar-refractivity contribution >= 4 is 82.6 Å². The van der Waals surface area contributed by atoms with Crippen LogP contribution in [0.15, 0.2) is 133 Å². The van der Waals surface area contributed by atoms with Gasteiger partial charge in [-0.05, 0) is 157 Å². The Morgan fingerprint density at radius 2 is 0.647 bits per heavy atom. The summed E-state index contributed by atoms with van der Waals surface area (Å²) in [6.45, 7) is 16.0. The summed E-state index contributed by atoms with van der Waals surface area (Å²) in [6, 6.07) is 32.5. The molecule has 4 atom stereocenters. The van der Waals surface area contributed by atoms with Crippen molar-refractivity contribution in [3.63, 3.8) is 0 Å². The molecule has 5 aromatic rings. The van der Waals surface area contributed by atoms with E-state index in [1.807, 2.05) is 0 Å². The fourth-order valence-electron chi connectivity index (χ4n) is 9.07. The SMILES string of the molecule is CC(NC(=O)CCCNC(=O)c1cccc(C#Cc2ccc(C#Cc3cccc(C(=O)NCCCC(=O)NC(C)C(=O)NC(C)(C)C(=O)NC(C)C(=O)NC(C)(C)C(=O)OCC(=O)c4ccccc4)c3)cc2)c1)C(=O)NC(C)(C)C(=O)NC(C)C(=O)NC(C)(C)C(=O)OCC(=O)c1ccccc1. The molecule has 0 spiro atoms. The number of nitrogens with one attached hydrogen (secondary N) is 10. The molecule has 0 aromatic heterocycles. The third-order valence-electron chi connectivity index (χ3n) is 15.4. The summed E-state index contributed by atoms with van der Waals surface area (Å²) in [5.41, 5.74) is -2.36. The average Bonchev–Trinajstić information content (AvgIpc) is 0.847. The van der Waals surface area contributed by atoms with E-state index in [0.717, 1.165) is 0 Å².